The van der Waals surface area contributed by atoms with Gasteiger partial charge in [-0.25, -0.2) is 4.98 Å². The first-order valence-electron chi connectivity index (χ1n) is 9.36. The van der Waals surface area contributed by atoms with E-state index in [-0.39, 0.29) is 5.41 Å². The van der Waals surface area contributed by atoms with Crippen LogP contribution in [0.5, 0.6) is 0 Å². The molecule has 3 rings (SSSR count). The third-order valence-corrected chi connectivity index (χ3v) is 5.89. The second-order valence-electron chi connectivity index (χ2n) is 8.68. The van der Waals surface area contributed by atoms with Gasteiger partial charge < -0.3 is 5.11 Å². The Morgan fingerprint density at radius 2 is 2.03 bits per heavy atom. The lowest BCUT2D eigenvalue weighted by Gasteiger charge is -2.37. The van der Waals surface area contributed by atoms with E-state index in [0.29, 0.717) is 27.7 Å². The maximum atomic E-state index is 12.2. The van der Waals surface area contributed by atoms with Crippen LogP contribution in [0, 0.1) is 16.7 Å². The van der Waals surface area contributed by atoms with Crippen molar-refractivity contribution in [3.63, 3.8) is 0 Å². The zero-order chi connectivity index (χ0) is 21.4. The summed E-state index contributed by atoms with van der Waals surface area (Å²) >= 11 is 12.2. The summed E-state index contributed by atoms with van der Waals surface area (Å²) in [5, 5.41) is 24.6. The van der Waals surface area contributed by atoms with Gasteiger partial charge in [-0.1, -0.05) is 62.2 Å². The Hall–Kier alpha value is -2.13. The molecule has 7 heteroatoms. The van der Waals surface area contributed by atoms with Gasteiger partial charge in [-0.3, -0.25) is 10.1 Å². The average Bonchev–Trinajstić information content (AvgIpc) is 2.96. The van der Waals surface area contributed by atoms with Crippen molar-refractivity contribution in [2.24, 2.45) is 5.41 Å². The van der Waals surface area contributed by atoms with Crippen LogP contribution in [-0.4, -0.2) is 28.1 Å². The van der Waals surface area contributed by atoms with Crippen molar-refractivity contribution in [2.45, 2.75) is 50.6 Å². The summed E-state index contributed by atoms with van der Waals surface area (Å²) in [5.41, 5.74) is 0.0509. The molecule has 2 heterocycles. The van der Waals surface area contributed by atoms with E-state index in [0.717, 1.165) is 0 Å². The first-order valence-corrected chi connectivity index (χ1v) is 10.1. The SMILES string of the molecule is CC(C)(C)CC1NC(C(=O)O)C(c2cccc(Cl)c2)C1(C#N)c1ccc(Cl)nc1. The fraction of sp³-hybridized carbons (Fsp3) is 0.409. The Morgan fingerprint density at radius 1 is 1.31 bits per heavy atom. The number of nitrogens with zero attached hydrogens (tertiary/aromatic N) is 2. The summed E-state index contributed by atoms with van der Waals surface area (Å²) in [6.07, 6.45) is 2.18. The summed E-state index contributed by atoms with van der Waals surface area (Å²) in [7, 11) is 0. The molecule has 29 heavy (non-hydrogen) atoms. The van der Waals surface area contributed by atoms with Crippen molar-refractivity contribution in [3.8, 4) is 6.07 Å². The molecule has 2 N–H and O–H groups in total. The van der Waals surface area contributed by atoms with Gasteiger partial charge in [0.15, 0.2) is 0 Å². The highest BCUT2D eigenvalue weighted by Crippen LogP contribution is 2.51. The molecule has 0 aliphatic carbocycles. The molecular weight excluding hydrogens is 409 g/mol. The minimum absolute atomic E-state index is 0.133. The van der Waals surface area contributed by atoms with Crippen LogP contribution in [0.25, 0.3) is 0 Å². The van der Waals surface area contributed by atoms with Crippen LogP contribution in [-0.2, 0) is 10.2 Å². The molecular formula is C22H23Cl2N3O2. The van der Waals surface area contributed by atoms with Gasteiger partial charge in [0.25, 0.3) is 0 Å². The van der Waals surface area contributed by atoms with Crippen LogP contribution in [0.2, 0.25) is 10.2 Å². The predicted molar refractivity (Wildman–Crippen MR) is 113 cm³/mol. The second kappa shape index (κ2) is 7.95. The number of rotatable bonds is 4. The Labute approximate surface area is 180 Å². The molecule has 0 amide bonds. The first-order chi connectivity index (χ1) is 13.6. The number of benzene rings is 1. The lowest BCUT2D eigenvalue weighted by atomic mass is 9.63. The van der Waals surface area contributed by atoms with E-state index < -0.39 is 29.4 Å². The van der Waals surface area contributed by atoms with Crippen LogP contribution in [0.3, 0.4) is 0 Å². The fourth-order valence-corrected chi connectivity index (χ4v) is 4.65. The van der Waals surface area contributed by atoms with Crippen molar-refractivity contribution in [3.05, 3.63) is 63.9 Å². The Bertz CT molecular complexity index is 950. The molecule has 4 atom stereocenters. The fourth-order valence-electron chi connectivity index (χ4n) is 4.34. The molecule has 1 aliphatic rings. The highest BCUT2D eigenvalue weighted by molar-refractivity contribution is 6.30. The average molecular weight is 432 g/mol. The van der Waals surface area contributed by atoms with E-state index in [1.54, 1.807) is 36.5 Å². The van der Waals surface area contributed by atoms with Crippen LogP contribution >= 0.6 is 23.2 Å². The van der Waals surface area contributed by atoms with Crippen molar-refractivity contribution in [1.29, 1.82) is 5.26 Å². The van der Waals surface area contributed by atoms with E-state index in [1.165, 1.54) is 0 Å². The van der Waals surface area contributed by atoms with Gasteiger partial charge in [0.2, 0.25) is 0 Å². The molecule has 5 nitrogen and oxygen atoms in total. The molecule has 0 saturated carbocycles. The summed E-state index contributed by atoms with van der Waals surface area (Å²) in [4.78, 5) is 16.4. The Balaban J connectivity index is 2.28. The molecule has 1 aromatic heterocycles. The number of carbonyl (C=O) groups is 1. The zero-order valence-corrected chi connectivity index (χ0v) is 18.0. The minimum atomic E-state index is -1.15. The van der Waals surface area contributed by atoms with Crippen molar-refractivity contribution < 1.29 is 9.90 Å². The number of carboxylic acids is 1. The summed E-state index contributed by atoms with van der Waals surface area (Å²) in [6.45, 7) is 6.21. The molecule has 1 fully saturated rings. The zero-order valence-electron chi connectivity index (χ0n) is 16.5. The van der Waals surface area contributed by atoms with Gasteiger partial charge in [-0.2, -0.15) is 5.26 Å². The number of nitriles is 1. The number of pyridine rings is 1. The predicted octanol–water partition coefficient (Wildman–Crippen LogP) is 4.79. The topological polar surface area (TPSA) is 86.0 Å². The molecule has 1 aromatic carbocycles. The van der Waals surface area contributed by atoms with Crippen molar-refractivity contribution >= 4 is 29.2 Å². The number of carboxylic acid groups (broad SMARTS) is 1. The lowest BCUT2D eigenvalue weighted by Crippen LogP contribution is -2.44. The van der Waals surface area contributed by atoms with E-state index in [9.17, 15) is 15.2 Å². The maximum Gasteiger partial charge on any atom is 0.321 e. The largest absolute Gasteiger partial charge is 0.480 e. The van der Waals surface area contributed by atoms with E-state index >= 15 is 0 Å². The van der Waals surface area contributed by atoms with Gasteiger partial charge in [-0.15, -0.1) is 0 Å². The molecule has 1 saturated heterocycles. The maximum absolute atomic E-state index is 12.2. The van der Waals surface area contributed by atoms with E-state index in [1.807, 2.05) is 6.07 Å². The summed E-state index contributed by atoms with van der Waals surface area (Å²) in [5.74, 6) is -1.66. The quantitative estimate of drug-likeness (QED) is 0.679. The summed E-state index contributed by atoms with van der Waals surface area (Å²) in [6, 6.07) is 11.6. The minimum Gasteiger partial charge on any atom is -0.480 e. The monoisotopic (exact) mass is 431 g/mol. The van der Waals surface area contributed by atoms with E-state index in [2.05, 4.69) is 37.1 Å². The van der Waals surface area contributed by atoms with Gasteiger partial charge in [-0.05, 0) is 41.2 Å². The summed E-state index contributed by atoms with van der Waals surface area (Å²) < 4.78 is 0. The molecule has 152 valence electrons. The number of hydrogen-bond acceptors (Lipinski definition) is 4. The highest BCUT2D eigenvalue weighted by Gasteiger charge is 2.59. The first kappa shape index (κ1) is 21.6. The van der Waals surface area contributed by atoms with Crippen LogP contribution in [0.4, 0.5) is 0 Å². The molecule has 1 aliphatic heterocycles. The van der Waals surface area contributed by atoms with E-state index in [4.69, 9.17) is 23.2 Å². The molecule has 0 spiro atoms. The smallest absolute Gasteiger partial charge is 0.321 e. The number of nitrogens with one attached hydrogen (secondary N) is 1. The lowest BCUT2D eigenvalue weighted by molar-refractivity contribution is -0.139. The Morgan fingerprint density at radius 3 is 2.55 bits per heavy atom. The van der Waals surface area contributed by atoms with Crippen LogP contribution < -0.4 is 5.32 Å². The van der Waals surface area contributed by atoms with Gasteiger partial charge in [0.05, 0.1) is 6.07 Å². The number of hydrogen-bond donors (Lipinski definition) is 2. The normalized spacial score (nSPS) is 26.8. The molecule has 0 bridgehead atoms. The standard InChI is InChI=1S/C22H23Cl2N3O2/c1-21(2,3)10-16-22(12-25,14-7-8-17(24)26-11-14)18(19(27-16)20(28)29)13-5-4-6-15(23)9-13/h4-9,11,16,18-19,27H,10H2,1-3H3,(H,28,29). The highest BCUT2D eigenvalue weighted by atomic mass is 35.5. The van der Waals surface area contributed by atoms with Gasteiger partial charge in [0.1, 0.15) is 16.6 Å². The third-order valence-electron chi connectivity index (χ3n) is 5.43. The second-order valence-corrected chi connectivity index (χ2v) is 9.51. The van der Waals surface area contributed by atoms with Crippen LogP contribution in [0.1, 0.15) is 44.2 Å². The Kier molecular flexibility index (Phi) is 5.91. The third kappa shape index (κ3) is 4.11. The number of aromatic nitrogens is 1. The molecule has 4 unspecified atom stereocenters. The number of halogens is 2. The van der Waals surface area contributed by atoms with Crippen molar-refractivity contribution in [1.82, 2.24) is 10.3 Å². The van der Waals surface area contributed by atoms with Crippen LogP contribution in [0.15, 0.2) is 42.6 Å². The molecule has 2 aromatic rings. The molecule has 0 radical (unpaired) electrons. The van der Waals surface area contributed by atoms with Crippen molar-refractivity contribution in [2.75, 3.05) is 0 Å². The number of aliphatic carboxylic acids is 1. The van der Waals surface area contributed by atoms with Gasteiger partial charge >= 0.3 is 5.97 Å². The van der Waals surface area contributed by atoms with Gasteiger partial charge in [0, 0.05) is 23.2 Å².